The third-order valence-corrected chi connectivity index (χ3v) is 6.59. The number of hydrogen-bond donors (Lipinski definition) is 0. The molecule has 0 saturated carbocycles. The normalized spacial score (nSPS) is 14.6. The van der Waals surface area contributed by atoms with Crippen LogP contribution in [-0.4, -0.2) is 34.0 Å². The lowest BCUT2D eigenvalue weighted by Gasteiger charge is -2.25. The SMILES string of the molecule is CN1CC=C(c2ccccc2)N=C1n1c2cccnc2c2c3ccccc3sc21. The van der Waals surface area contributed by atoms with Gasteiger partial charge in [0.15, 0.2) is 0 Å². The Hall–Kier alpha value is -3.44. The van der Waals surface area contributed by atoms with Crippen LogP contribution in [0.15, 0.2) is 84.0 Å². The molecule has 0 aliphatic carbocycles. The molecule has 0 unspecified atom stereocenters. The van der Waals surface area contributed by atoms with Crippen molar-refractivity contribution in [2.45, 2.75) is 0 Å². The van der Waals surface area contributed by atoms with Gasteiger partial charge in [0.1, 0.15) is 4.83 Å². The smallest absolute Gasteiger partial charge is 0.211 e. The Kier molecular flexibility index (Phi) is 3.58. The molecule has 140 valence electrons. The largest absolute Gasteiger partial charge is 0.341 e. The zero-order chi connectivity index (χ0) is 19.4. The molecule has 4 heterocycles. The second-order valence-electron chi connectivity index (χ2n) is 7.23. The number of likely N-dealkylation sites (N-methyl/N-ethyl adjacent to an activating group) is 1. The second-order valence-corrected chi connectivity index (χ2v) is 8.26. The quantitative estimate of drug-likeness (QED) is 0.371. The highest BCUT2D eigenvalue weighted by Gasteiger charge is 2.23. The zero-order valence-electron chi connectivity index (χ0n) is 15.9. The Labute approximate surface area is 172 Å². The molecule has 1 aliphatic rings. The van der Waals surface area contributed by atoms with E-state index >= 15 is 0 Å². The molecule has 6 rings (SSSR count). The van der Waals surface area contributed by atoms with E-state index < -0.39 is 0 Å². The Morgan fingerprint density at radius 3 is 2.66 bits per heavy atom. The van der Waals surface area contributed by atoms with Crippen molar-refractivity contribution < 1.29 is 0 Å². The number of aromatic nitrogens is 2. The van der Waals surface area contributed by atoms with Crippen molar-refractivity contribution in [3.05, 3.63) is 84.6 Å². The van der Waals surface area contributed by atoms with Gasteiger partial charge in [-0.1, -0.05) is 48.5 Å². The Morgan fingerprint density at radius 2 is 1.76 bits per heavy atom. The fourth-order valence-electron chi connectivity index (χ4n) is 4.05. The fourth-order valence-corrected chi connectivity index (χ4v) is 5.27. The van der Waals surface area contributed by atoms with Crippen molar-refractivity contribution in [1.82, 2.24) is 14.5 Å². The highest BCUT2D eigenvalue weighted by molar-refractivity contribution is 7.25. The minimum atomic E-state index is 0.815. The molecule has 29 heavy (non-hydrogen) atoms. The summed E-state index contributed by atoms with van der Waals surface area (Å²) in [4.78, 5) is 13.2. The van der Waals surface area contributed by atoms with Gasteiger partial charge < -0.3 is 4.90 Å². The summed E-state index contributed by atoms with van der Waals surface area (Å²) in [5.41, 5.74) is 4.28. The minimum absolute atomic E-state index is 0.815. The van der Waals surface area contributed by atoms with Crippen molar-refractivity contribution in [3.8, 4) is 0 Å². The Morgan fingerprint density at radius 1 is 0.931 bits per heavy atom. The fraction of sp³-hybridized carbons (Fsp3) is 0.0833. The van der Waals surface area contributed by atoms with Crippen LogP contribution < -0.4 is 0 Å². The number of nitrogens with zero attached hydrogens (tertiary/aromatic N) is 4. The molecule has 0 spiro atoms. The van der Waals surface area contributed by atoms with E-state index in [0.29, 0.717) is 0 Å². The van der Waals surface area contributed by atoms with E-state index in [1.54, 1.807) is 11.3 Å². The number of aliphatic imine (C=N–C) groups is 1. The van der Waals surface area contributed by atoms with E-state index in [-0.39, 0.29) is 0 Å². The molecule has 2 aromatic carbocycles. The minimum Gasteiger partial charge on any atom is -0.341 e. The number of benzene rings is 2. The van der Waals surface area contributed by atoms with E-state index in [1.807, 2.05) is 18.3 Å². The first kappa shape index (κ1) is 16.5. The molecular weight excluding hydrogens is 376 g/mol. The zero-order valence-corrected chi connectivity index (χ0v) is 16.7. The maximum Gasteiger partial charge on any atom is 0.211 e. The highest BCUT2D eigenvalue weighted by atomic mass is 32.1. The lowest BCUT2D eigenvalue weighted by atomic mass is 10.1. The Bertz CT molecular complexity index is 1440. The van der Waals surface area contributed by atoms with Crippen LogP contribution in [0, 0.1) is 0 Å². The summed E-state index contributed by atoms with van der Waals surface area (Å²) in [5.74, 6) is 0.936. The Balaban J connectivity index is 1.68. The van der Waals surface area contributed by atoms with Crippen LogP contribution in [0.3, 0.4) is 0 Å². The van der Waals surface area contributed by atoms with Gasteiger partial charge in [0, 0.05) is 35.3 Å². The predicted molar refractivity (Wildman–Crippen MR) is 123 cm³/mol. The first-order valence-corrected chi connectivity index (χ1v) is 10.5. The van der Waals surface area contributed by atoms with Crippen molar-refractivity contribution >= 4 is 54.3 Å². The molecule has 0 N–H and O–H groups in total. The maximum atomic E-state index is 5.09. The van der Waals surface area contributed by atoms with Crippen LogP contribution >= 0.6 is 11.3 Å². The first-order chi connectivity index (χ1) is 14.3. The van der Waals surface area contributed by atoms with Gasteiger partial charge >= 0.3 is 0 Å². The molecule has 4 nitrogen and oxygen atoms in total. The van der Waals surface area contributed by atoms with E-state index in [0.717, 1.165) is 34.8 Å². The topological polar surface area (TPSA) is 33.4 Å². The molecule has 0 amide bonds. The monoisotopic (exact) mass is 394 g/mol. The van der Waals surface area contributed by atoms with Gasteiger partial charge in [-0.15, -0.1) is 11.3 Å². The summed E-state index contributed by atoms with van der Waals surface area (Å²) in [7, 11) is 2.10. The molecule has 0 radical (unpaired) electrons. The van der Waals surface area contributed by atoms with Gasteiger partial charge in [0.05, 0.1) is 16.7 Å². The van der Waals surface area contributed by atoms with Crippen LogP contribution in [0.5, 0.6) is 0 Å². The van der Waals surface area contributed by atoms with Crippen molar-refractivity contribution in [2.75, 3.05) is 13.6 Å². The van der Waals surface area contributed by atoms with E-state index in [4.69, 9.17) is 9.98 Å². The lowest BCUT2D eigenvalue weighted by molar-refractivity contribution is 0.541. The highest BCUT2D eigenvalue weighted by Crippen LogP contribution is 2.40. The van der Waals surface area contributed by atoms with Crippen LogP contribution in [0.2, 0.25) is 0 Å². The van der Waals surface area contributed by atoms with Gasteiger partial charge in [-0.05, 0) is 29.8 Å². The maximum absolute atomic E-state index is 5.09. The number of pyridine rings is 1. The summed E-state index contributed by atoms with van der Waals surface area (Å²) in [6, 6.07) is 23.1. The summed E-state index contributed by atoms with van der Waals surface area (Å²) in [5, 5.41) is 2.47. The molecule has 5 aromatic rings. The molecule has 0 atom stereocenters. The predicted octanol–water partition coefficient (Wildman–Crippen LogP) is 5.59. The first-order valence-electron chi connectivity index (χ1n) is 9.64. The van der Waals surface area contributed by atoms with Gasteiger partial charge in [0.2, 0.25) is 5.96 Å². The average molecular weight is 395 g/mol. The second kappa shape index (κ2) is 6.29. The number of thiophene rings is 1. The summed E-state index contributed by atoms with van der Waals surface area (Å²) < 4.78 is 3.55. The number of hydrogen-bond acceptors (Lipinski definition) is 4. The van der Waals surface area contributed by atoms with Crippen LogP contribution in [0.4, 0.5) is 0 Å². The molecule has 0 bridgehead atoms. The molecule has 0 fully saturated rings. The molecule has 3 aromatic heterocycles. The van der Waals surface area contributed by atoms with E-state index in [2.05, 4.69) is 77.2 Å². The van der Waals surface area contributed by atoms with Crippen LogP contribution in [0.1, 0.15) is 5.56 Å². The van der Waals surface area contributed by atoms with Gasteiger partial charge in [-0.2, -0.15) is 0 Å². The summed E-state index contributed by atoms with van der Waals surface area (Å²) in [6.45, 7) is 0.815. The molecule has 0 saturated heterocycles. The third-order valence-electron chi connectivity index (χ3n) is 5.43. The van der Waals surface area contributed by atoms with Crippen LogP contribution in [0.25, 0.3) is 37.0 Å². The van der Waals surface area contributed by atoms with Crippen molar-refractivity contribution in [1.29, 1.82) is 0 Å². The summed E-state index contributed by atoms with van der Waals surface area (Å²) in [6.07, 6.45) is 4.06. The van der Waals surface area contributed by atoms with Gasteiger partial charge in [-0.25, -0.2) is 4.99 Å². The standard InChI is InChI=1S/C24H18N4S/c1-27-15-13-18(16-8-3-2-4-9-16)26-24(27)28-19-11-7-14-25-22(19)21-17-10-5-6-12-20(17)29-23(21)28/h2-14H,15H2,1H3. The van der Waals surface area contributed by atoms with E-state index in [1.165, 1.54) is 20.3 Å². The molecular formula is C24H18N4S. The van der Waals surface area contributed by atoms with Crippen molar-refractivity contribution in [2.24, 2.45) is 4.99 Å². The van der Waals surface area contributed by atoms with Gasteiger partial charge in [-0.3, -0.25) is 9.55 Å². The number of fused-ring (bicyclic) bond motifs is 5. The lowest BCUT2D eigenvalue weighted by Crippen LogP contribution is -2.34. The third kappa shape index (κ3) is 2.44. The molecule has 5 heteroatoms. The average Bonchev–Trinajstić information content (AvgIpc) is 3.29. The van der Waals surface area contributed by atoms with E-state index in [9.17, 15) is 0 Å². The number of rotatable bonds is 1. The van der Waals surface area contributed by atoms with Crippen molar-refractivity contribution in [3.63, 3.8) is 0 Å². The van der Waals surface area contributed by atoms with Gasteiger partial charge in [0.25, 0.3) is 0 Å². The van der Waals surface area contributed by atoms with Crippen LogP contribution in [-0.2, 0) is 0 Å². The summed E-state index contributed by atoms with van der Waals surface area (Å²) >= 11 is 1.80. The molecule has 1 aliphatic heterocycles.